The summed E-state index contributed by atoms with van der Waals surface area (Å²) in [7, 11) is 0. The first-order valence-electron chi connectivity index (χ1n) is 41.9. The lowest BCUT2D eigenvalue weighted by Crippen LogP contribution is -2.49. The molecular weight excluding hydrogens is 1750 g/mol. The van der Waals surface area contributed by atoms with Crippen molar-refractivity contribution < 1.29 is 28.8 Å². The molecule has 6 aliphatic rings. The zero-order valence-corrected chi connectivity index (χ0v) is 72.9. The number of fused-ring (bicyclic) bond motifs is 6. The van der Waals surface area contributed by atoms with Crippen LogP contribution in [0.25, 0.3) is 16.7 Å². The molecule has 0 aliphatic carbocycles. The fourth-order valence-corrected chi connectivity index (χ4v) is 19.8. The van der Waals surface area contributed by atoms with Crippen molar-refractivity contribution in [3.8, 4) is 0 Å². The number of hydrogen-bond acceptors (Lipinski definition) is 9. The van der Waals surface area contributed by atoms with Gasteiger partial charge in [0.05, 0.1) is 54.8 Å². The van der Waals surface area contributed by atoms with Crippen LogP contribution >= 0.6 is 47.8 Å². The van der Waals surface area contributed by atoms with Gasteiger partial charge in [0.15, 0.2) is 34.0 Å². The Morgan fingerprint density at radius 1 is 0.246 bits per heavy atom. The van der Waals surface area contributed by atoms with Crippen LogP contribution in [-0.2, 0) is 50.6 Å². The number of Topliss-reactive ketones (excluding diaryl/α,β-unsaturated/α-hetero) is 3. The monoisotopic (exact) mass is 1830 g/mol. The summed E-state index contributed by atoms with van der Waals surface area (Å²) in [5.41, 5.74) is 15.3. The second-order valence-corrected chi connectivity index (χ2v) is 34.6. The van der Waals surface area contributed by atoms with E-state index in [1.807, 2.05) is 433 Å². The molecule has 0 bridgehead atoms. The highest BCUT2D eigenvalue weighted by atomic mass is 79.9. The van der Waals surface area contributed by atoms with Gasteiger partial charge in [-0.05, 0) is 105 Å². The summed E-state index contributed by atoms with van der Waals surface area (Å²) in [6, 6.07) is 134. The Balaban J connectivity index is 0.000000123. The van der Waals surface area contributed by atoms with Gasteiger partial charge in [-0.3, -0.25) is 44.7 Å². The lowest BCUT2D eigenvalue weighted by atomic mass is 9.79. The maximum absolute atomic E-state index is 15.0. The Morgan fingerprint density at radius 3 is 0.675 bits per heavy atom. The lowest BCUT2D eigenvalue weighted by Gasteiger charge is -2.29. The standard InChI is InChI=1S/3C37H27BrN2O2/c3*38-29-22-20-27(21-23-29)34-32(35(41)28-16-8-3-9-17-28)33(26-14-6-2-7-15-26)37(39-34)30-18-10-11-19-31(30)40(36(37)42)24-25-12-4-1-5-13-25/h3*1-23,34,39H,24H2/t3*34-,37+/m000/s1. The Bertz CT molecular complexity index is 6110. The summed E-state index contributed by atoms with van der Waals surface area (Å²) in [5, 5.41) is 11.3. The number of benzene rings is 15. The molecule has 6 heterocycles. The van der Waals surface area contributed by atoms with Crippen molar-refractivity contribution in [2.24, 2.45) is 0 Å². The minimum Gasteiger partial charge on any atom is -0.305 e. The molecule has 0 fully saturated rings. The number of anilines is 3. The third-order valence-corrected chi connectivity index (χ3v) is 26.2. The second-order valence-electron chi connectivity index (χ2n) is 31.9. The van der Waals surface area contributed by atoms with Crippen LogP contribution in [0.1, 0.15) is 116 Å². The maximum atomic E-state index is 15.0. The van der Waals surface area contributed by atoms with Crippen LogP contribution in [0.3, 0.4) is 0 Å². The third-order valence-electron chi connectivity index (χ3n) is 24.6. The van der Waals surface area contributed by atoms with E-state index < -0.39 is 34.7 Å². The van der Waals surface area contributed by atoms with Crippen molar-refractivity contribution >= 4 is 117 Å². The predicted octanol–water partition coefficient (Wildman–Crippen LogP) is 23.6. The van der Waals surface area contributed by atoms with Crippen LogP contribution in [0, 0.1) is 0 Å². The lowest BCUT2D eigenvalue weighted by molar-refractivity contribution is -0.123. The maximum Gasteiger partial charge on any atom is 0.257 e. The summed E-state index contributed by atoms with van der Waals surface area (Å²) < 4.78 is 2.83. The van der Waals surface area contributed by atoms with Gasteiger partial charge in [-0.25, -0.2) is 0 Å². The molecule has 0 saturated carbocycles. The highest BCUT2D eigenvalue weighted by Crippen LogP contribution is 2.61. The number of nitrogens with zero attached hydrogens (tertiary/aromatic N) is 3. The van der Waals surface area contributed by atoms with E-state index in [4.69, 9.17) is 0 Å². The van der Waals surface area contributed by atoms with Crippen LogP contribution in [-0.4, -0.2) is 35.1 Å². The molecule has 6 aliphatic heterocycles. The van der Waals surface area contributed by atoms with Gasteiger partial charge >= 0.3 is 0 Å². The van der Waals surface area contributed by atoms with Crippen molar-refractivity contribution in [1.29, 1.82) is 0 Å². The van der Waals surface area contributed by atoms with Gasteiger partial charge in [-0.2, -0.15) is 0 Å². The van der Waals surface area contributed by atoms with Crippen molar-refractivity contribution in [3.63, 3.8) is 0 Å². The summed E-state index contributed by atoms with van der Waals surface area (Å²) in [4.78, 5) is 94.4. The number of rotatable bonds is 18. The molecule has 612 valence electrons. The summed E-state index contributed by atoms with van der Waals surface area (Å²) in [6.07, 6.45) is 0. The average molecular weight is 1830 g/mol. The van der Waals surface area contributed by atoms with Crippen LogP contribution in [0.2, 0.25) is 0 Å². The van der Waals surface area contributed by atoms with Gasteiger partial charge in [-0.1, -0.05) is 412 Å². The largest absolute Gasteiger partial charge is 0.305 e. The molecule has 15 heteroatoms. The molecule has 0 unspecified atom stereocenters. The Labute approximate surface area is 756 Å². The molecule has 21 rings (SSSR count). The quantitative estimate of drug-likeness (QED) is 0.0714. The zero-order chi connectivity index (χ0) is 86.0. The van der Waals surface area contributed by atoms with Crippen LogP contribution < -0.4 is 30.7 Å². The molecule has 3 N–H and O–H groups in total. The molecule has 126 heavy (non-hydrogen) atoms. The molecule has 12 nitrogen and oxygen atoms in total. The normalized spacial score (nSPS) is 19.4. The first-order chi connectivity index (χ1) is 61.7. The number of amides is 3. The molecule has 6 atom stereocenters. The van der Waals surface area contributed by atoms with Crippen LogP contribution in [0.4, 0.5) is 17.1 Å². The van der Waals surface area contributed by atoms with E-state index >= 15 is 14.4 Å². The van der Waals surface area contributed by atoms with Gasteiger partial charge in [0.25, 0.3) is 17.7 Å². The van der Waals surface area contributed by atoms with Crippen LogP contribution in [0.15, 0.2) is 449 Å². The first kappa shape index (κ1) is 81.9. The minimum atomic E-state index is -1.26. The average Bonchev–Trinajstić information content (AvgIpc) is 1.54. The summed E-state index contributed by atoms with van der Waals surface area (Å²) >= 11 is 10.7. The number of ketones is 3. The molecule has 3 spiro atoms. The smallest absolute Gasteiger partial charge is 0.257 e. The number of nitrogens with one attached hydrogen (secondary N) is 3. The van der Waals surface area contributed by atoms with Crippen LogP contribution in [0.5, 0.6) is 0 Å². The third kappa shape index (κ3) is 14.8. The topological polar surface area (TPSA) is 148 Å². The highest BCUT2D eigenvalue weighted by Gasteiger charge is 2.64. The Morgan fingerprint density at radius 2 is 0.444 bits per heavy atom. The van der Waals surface area contributed by atoms with E-state index in [9.17, 15) is 14.4 Å². The molecular formula is C111H81Br3N6O6. The van der Waals surface area contributed by atoms with Gasteiger partial charge in [0.1, 0.15) is 0 Å². The highest BCUT2D eigenvalue weighted by molar-refractivity contribution is 9.11. The van der Waals surface area contributed by atoms with Gasteiger partial charge in [0.2, 0.25) is 0 Å². The van der Waals surface area contributed by atoms with Gasteiger partial charge in [-0.15, -0.1) is 0 Å². The van der Waals surface area contributed by atoms with E-state index in [1.54, 1.807) is 0 Å². The Hall–Kier alpha value is -13.7. The van der Waals surface area contributed by atoms with Crippen molar-refractivity contribution in [3.05, 3.63) is 532 Å². The molecule has 0 aromatic heterocycles. The number of hydrogen-bond donors (Lipinski definition) is 3. The van der Waals surface area contributed by atoms with Crippen molar-refractivity contribution in [2.75, 3.05) is 14.7 Å². The number of para-hydroxylation sites is 3. The van der Waals surface area contributed by atoms with E-state index in [-0.39, 0.29) is 35.1 Å². The molecule has 0 radical (unpaired) electrons. The van der Waals surface area contributed by atoms with Gasteiger partial charge < -0.3 is 14.7 Å². The number of halogens is 3. The molecule has 0 saturated heterocycles. The van der Waals surface area contributed by atoms with E-state index in [1.165, 1.54) is 0 Å². The summed E-state index contributed by atoms with van der Waals surface area (Å²) in [5.74, 6) is -0.575. The zero-order valence-electron chi connectivity index (χ0n) is 68.1. The van der Waals surface area contributed by atoms with Crippen molar-refractivity contribution in [2.45, 2.75) is 54.4 Å². The number of carbonyl (C=O) groups is 6. The SMILES string of the molecule is O=C(C1=C(c2ccccc2)[C@@]2(N[C@H]1c1ccc(Br)cc1)C(=O)N(Cc1ccccc1)c1ccccc12)c1ccccc1.O=C(C1=C(c2ccccc2)[C@@]2(N[C@H]1c1ccc(Br)cc1)C(=O)N(Cc1ccccc1)c1ccccc12)c1ccccc1.O=C(C1=C(c2ccccc2)[C@@]2(N[C@H]1c1ccc(Br)cc1)C(=O)N(Cc1ccccc1)c1ccccc12)c1ccccc1. The number of carbonyl (C=O) groups excluding carboxylic acids is 6. The van der Waals surface area contributed by atoms with E-state index in [0.717, 1.165) is 97.2 Å². The van der Waals surface area contributed by atoms with Crippen molar-refractivity contribution in [1.82, 2.24) is 16.0 Å². The Kier molecular flexibility index (Phi) is 22.8. The van der Waals surface area contributed by atoms with E-state index in [0.29, 0.717) is 69.8 Å². The predicted molar refractivity (Wildman–Crippen MR) is 510 cm³/mol. The fourth-order valence-electron chi connectivity index (χ4n) is 19.0. The molecule has 15 aromatic rings. The summed E-state index contributed by atoms with van der Waals surface area (Å²) in [6.45, 7) is 1.27. The van der Waals surface area contributed by atoms with Gasteiger partial charge in [0, 0.05) is 80.2 Å². The first-order valence-corrected chi connectivity index (χ1v) is 44.3. The minimum absolute atomic E-state index is 0.0932. The second kappa shape index (κ2) is 35.1. The molecule has 3 amide bonds. The van der Waals surface area contributed by atoms with E-state index in [2.05, 4.69) is 63.7 Å². The fraction of sp³-hybridized carbons (Fsp3) is 0.0811. The molecule has 15 aromatic carbocycles.